The summed E-state index contributed by atoms with van der Waals surface area (Å²) >= 11 is 2.10. The van der Waals surface area contributed by atoms with E-state index in [4.69, 9.17) is 5.73 Å². The summed E-state index contributed by atoms with van der Waals surface area (Å²) in [5.74, 6) is 2.51. The number of hydrogen-bond donors (Lipinski definition) is 1. The summed E-state index contributed by atoms with van der Waals surface area (Å²) in [5.41, 5.74) is 8.66. The molecule has 1 aliphatic rings. The van der Waals surface area contributed by atoms with Crippen molar-refractivity contribution < 1.29 is 0 Å². The Morgan fingerprint density at radius 1 is 1.45 bits per heavy atom. The molecule has 1 aromatic rings. The van der Waals surface area contributed by atoms with Gasteiger partial charge in [0.1, 0.15) is 5.82 Å². The van der Waals surface area contributed by atoms with E-state index >= 15 is 0 Å². The van der Waals surface area contributed by atoms with Gasteiger partial charge in [-0.25, -0.2) is 0 Å². The topological polar surface area (TPSA) is 47.1 Å². The van der Waals surface area contributed by atoms with Gasteiger partial charge >= 0.3 is 0 Å². The third-order valence-electron chi connectivity index (χ3n) is 4.20. The molecule has 20 heavy (non-hydrogen) atoms. The van der Waals surface area contributed by atoms with Crippen LogP contribution in [0.5, 0.6) is 0 Å². The van der Waals surface area contributed by atoms with Crippen molar-refractivity contribution in [1.29, 1.82) is 0 Å². The molecule has 0 radical (unpaired) electrons. The quantitative estimate of drug-likeness (QED) is 0.906. The molecule has 2 atom stereocenters. The molecule has 0 amide bonds. The molecule has 1 aliphatic heterocycles. The molecule has 1 aromatic heterocycles. The van der Waals surface area contributed by atoms with Crippen molar-refractivity contribution in [1.82, 2.24) is 9.78 Å². The Bertz CT molecular complexity index is 443. The number of nitrogens with two attached hydrogens (primary N) is 1. The second-order valence-electron chi connectivity index (χ2n) is 5.73. The van der Waals surface area contributed by atoms with Gasteiger partial charge in [0.25, 0.3) is 0 Å². The Labute approximate surface area is 127 Å². The van der Waals surface area contributed by atoms with Crippen LogP contribution >= 0.6 is 11.8 Å². The minimum Gasteiger partial charge on any atom is -0.355 e. The van der Waals surface area contributed by atoms with Gasteiger partial charge in [0.05, 0.1) is 5.69 Å². The third-order valence-corrected chi connectivity index (χ3v) is 5.57. The van der Waals surface area contributed by atoms with Crippen LogP contribution in [0.2, 0.25) is 0 Å². The van der Waals surface area contributed by atoms with E-state index < -0.39 is 0 Å². The lowest BCUT2D eigenvalue weighted by molar-refractivity contribution is 0.636. The first kappa shape index (κ1) is 15.7. The molecule has 2 rings (SSSR count). The van der Waals surface area contributed by atoms with Gasteiger partial charge in [-0.05, 0) is 26.2 Å². The predicted octanol–water partition coefficient (Wildman–Crippen LogP) is 2.34. The SMILES string of the molecule is CCC(N)Cc1c(C)nn(C)c1N1CCSC(CC)C1. The molecule has 4 nitrogen and oxygen atoms in total. The van der Waals surface area contributed by atoms with E-state index in [9.17, 15) is 0 Å². The second kappa shape index (κ2) is 6.85. The van der Waals surface area contributed by atoms with Gasteiger partial charge < -0.3 is 10.6 Å². The number of anilines is 1. The van der Waals surface area contributed by atoms with Crippen molar-refractivity contribution >= 4 is 17.6 Å². The fourth-order valence-electron chi connectivity index (χ4n) is 2.89. The van der Waals surface area contributed by atoms with Crippen LogP contribution in [0.4, 0.5) is 5.82 Å². The van der Waals surface area contributed by atoms with E-state index in [1.165, 1.54) is 23.6 Å². The summed E-state index contributed by atoms with van der Waals surface area (Å²) in [6.07, 6.45) is 3.19. The van der Waals surface area contributed by atoms with Crippen molar-refractivity contribution in [2.45, 2.75) is 51.3 Å². The number of hydrogen-bond acceptors (Lipinski definition) is 4. The summed E-state index contributed by atoms with van der Waals surface area (Å²) in [6.45, 7) is 8.80. The molecule has 0 bridgehead atoms. The van der Waals surface area contributed by atoms with Crippen LogP contribution in [-0.4, -0.2) is 39.9 Å². The number of nitrogens with zero attached hydrogens (tertiary/aromatic N) is 3. The Morgan fingerprint density at radius 2 is 2.20 bits per heavy atom. The molecule has 0 aromatic carbocycles. The average molecular weight is 296 g/mol. The van der Waals surface area contributed by atoms with E-state index in [-0.39, 0.29) is 6.04 Å². The number of aryl methyl sites for hydroxylation is 2. The fraction of sp³-hybridized carbons (Fsp3) is 0.800. The van der Waals surface area contributed by atoms with Crippen molar-refractivity contribution in [2.24, 2.45) is 12.8 Å². The van der Waals surface area contributed by atoms with Gasteiger partial charge in [-0.3, -0.25) is 4.68 Å². The molecule has 1 fully saturated rings. The molecular formula is C15H28N4S. The average Bonchev–Trinajstić information content (AvgIpc) is 2.73. The van der Waals surface area contributed by atoms with Crippen molar-refractivity contribution in [3.63, 3.8) is 0 Å². The van der Waals surface area contributed by atoms with Crippen molar-refractivity contribution in [3.8, 4) is 0 Å². The molecule has 2 unspecified atom stereocenters. The van der Waals surface area contributed by atoms with E-state index in [1.54, 1.807) is 0 Å². The molecule has 0 saturated carbocycles. The summed E-state index contributed by atoms with van der Waals surface area (Å²) in [5, 5.41) is 5.38. The van der Waals surface area contributed by atoms with Crippen LogP contribution in [0.3, 0.4) is 0 Å². The first-order valence-corrected chi connectivity index (χ1v) is 8.76. The largest absolute Gasteiger partial charge is 0.355 e. The van der Waals surface area contributed by atoms with E-state index in [1.807, 2.05) is 0 Å². The maximum atomic E-state index is 6.18. The predicted molar refractivity (Wildman–Crippen MR) is 88.7 cm³/mol. The molecule has 0 spiro atoms. The van der Waals surface area contributed by atoms with Gasteiger partial charge in [0.2, 0.25) is 0 Å². The molecule has 5 heteroatoms. The molecule has 2 heterocycles. The molecule has 0 aliphatic carbocycles. The number of rotatable bonds is 5. The second-order valence-corrected chi connectivity index (χ2v) is 7.14. The lowest BCUT2D eigenvalue weighted by Crippen LogP contribution is -2.39. The smallest absolute Gasteiger partial charge is 0.130 e. The number of thioether (sulfide) groups is 1. The van der Waals surface area contributed by atoms with Crippen LogP contribution in [0.25, 0.3) is 0 Å². The molecular weight excluding hydrogens is 268 g/mol. The Kier molecular flexibility index (Phi) is 5.38. The normalized spacial score (nSPS) is 21.2. The zero-order valence-corrected chi connectivity index (χ0v) is 14.0. The molecule has 114 valence electrons. The van der Waals surface area contributed by atoms with Crippen LogP contribution in [0.15, 0.2) is 0 Å². The summed E-state index contributed by atoms with van der Waals surface area (Å²) < 4.78 is 2.05. The zero-order valence-electron chi connectivity index (χ0n) is 13.2. The highest BCUT2D eigenvalue weighted by molar-refractivity contribution is 8.00. The van der Waals surface area contributed by atoms with Gasteiger partial charge in [-0.1, -0.05) is 13.8 Å². The summed E-state index contributed by atoms with van der Waals surface area (Å²) in [4.78, 5) is 2.52. The van der Waals surface area contributed by atoms with Crippen molar-refractivity contribution in [3.05, 3.63) is 11.3 Å². The van der Waals surface area contributed by atoms with E-state index in [0.717, 1.165) is 36.9 Å². The van der Waals surface area contributed by atoms with Gasteiger partial charge in [-0.2, -0.15) is 16.9 Å². The first-order valence-electron chi connectivity index (χ1n) is 7.71. The fourth-order valence-corrected chi connectivity index (χ4v) is 4.07. The molecule has 1 saturated heterocycles. The van der Waals surface area contributed by atoms with Crippen LogP contribution in [-0.2, 0) is 13.5 Å². The minimum atomic E-state index is 0.234. The standard InChI is InChI=1S/C15H28N4S/c1-5-12(16)9-14-11(3)17-18(4)15(14)19-7-8-20-13(6-2)10-19/h12-13H,5-10,16H2,1-4H3. The van der Waals surface area contributed by atoms with E-state index in [2.05, 4.69) is 54.3 Å². The highest BCUT2D eigenvalue weighted by atomic mass is 32.2. The summed E-state index contributed by atoms with van der Waals surface area (Å²) in [6, 6.07) is 0.234. The highest BCUT2D eigenvalue weighted by Gasteiger charge is 2.25. The Hall–Kier alpha value is -0.680. The molecule has 2 N–H and O–H groups in total. The van der Waals surface area contributed by atoms with Gasteiger partial charge in [0, 0.05) is 42.7 Å². The third kappa shape index (κ3) is 3.31. The van der Waals surface area contributed by atoms with Crippen LogP contribution in [0.1, 0.15) is 37.9 Å². The Balaban J connectivity index is 2.25. The van der Waals surface area contributed by atoms with Gasteiger partial charge in [0.15, 0.2) is 0 Å². The Morgan fingerprint density at radius 3 is 2.85 bits per heavy atom. The van der Waals surface area contributed by atoms with Gasteiger partial charge in [-0.15, -0.1) is 0 Å². The zero-order chi connectivity index (χ0) is 14.7. The monoisotopic (exact) mass is 296 g/mol. The first-order chi connectivity index (χ1) is 9.56. The lowest BCUT2D eigenvalue weighted by Gasteiger charge is -2.34. The van der Waals surface area contributed by atoms with Crippen LogP contribution in [0, 0.1) is 6.92 Å². The van der Waals surface area contributed by atoms with Crippen LogP contribution < -0.4 is 10.6 Å². The lowest BCUT2D eigenvalue weighted by atomic mass is 10.0. The minimum absolute atomic E-state index is 0.234. The highest BCUT2D eigenvalue weighted by Crippen LogP contribution is 2.30. The van der Waals surface area contributed by atoms with E-state index in [0.29, 0.717) is 0 Å². The van der Waals surface area contributed by atoms with Crippen molar-refractivity contribution in [2.75, 3.05) is 23.7 Å². The maximum absolute atomic E-state index is 6.18. The maximum Gasteiger partial charge on any atom is 0.130 e. The number of aromatic nitrogens is 2. The summed E-state index contributed by atoms with van der Waals surface area (Å²) in [7, 11) is 2.06.